The summed E-state index contributed by atoms with van der Waals surface area (Å²) in [5.74, 6) is 1.53. The van der Waals surface area contributed by atoms with Crippen molar-refractivity contribution in [3.63, 3.8) is 0 Å². The fourth-order valence-corrected chi connectivity index (χ4v) is 7.46. The molecule has 3 heterocycles. The van der Waals surface area contributed by atoms with E-state index in [9.17, 15) is 0 Å². The van der Waals surface area contributed by atoms with Gasteiger partial charge in [-0.2, -0.15) is 0 Å². The van der Waals surface area contributed by atoms with Crippen LogP contribution in [0.5, 0.6) is 0 Å². The number of hydrogen-bond donors (Lipinski definition) is 0. The number of allylic oxidation sites excluding steroid dienone is 5. The molecule has 5 heteroatoms. The van der Waals surface area contributed by atoms with Crippen molar-refractivity contribution in [2.75, 3.05) is 0 Å². The highest BCUT2D eigenvalue weighted by Crippen LogP contribution is 2.34. The zero-order valence-corrected chi connectivity index (χ0v) is 33.0. The van der Waals surface area contributed by atoms with E-state index < -0.39 is 0 Å². The van der Waals surface area contributed by atoms with Gasteiger partial charge >= 0.3 is 0 Å². The van der Waals surface area contributed by atoms with Gasteiger partial charge in [-0.25, -0.2) is 0 Å². The van der Waals surface area contributed by atoms with E-state index in [2.05, 4.69) is 191 Å². The summed E-state index contributed by atoms with van der Waals surface area (Å²) in [5, 5.41) is 9.69. The lowest BCUT2D eigenvalue weighted by atomic mass is 9.99. The Balaban J connectivity index is 1.06. The molecule has 0 bridgehead atoms. The summed E-state index contributed by atoms with van der Waals surface area (Å²) in [5.41, 5.74) is 15.4. The normalized spacial score (nSPS) is 11.3. The number of benzene rings is 6. The molecule has 9 rings (SSSR count). The molecular formula is C55H41N5. The standard InChI is InChI=1S/C55H41N5/c1-2-3-4-5-6-12-40-13-7-14-46(35-40)43-29-31-53(32-30-43)60-54(44-25-21-41(22-26-44)47-15-8-17-49(36-47)51-19-10-33-56-38-51)58-59-55(60)45-27-23-42(24-28-45)48-16-9-18-50(37-48)52-20-11-34-57-39-52/h2-11,13-39H,1,12H2/b4-3-,6-5-. The first-order valence-corrected chi connectivity index (χ1v) is 20.0. The van der Waals surface area contributed by atoms with E-state index in [4.69, 9.17) is 10.2 Å². The minimum absolute atomic E-state index is 0.765. The van der Waals surface area contributed by atoms with Crippen molar-refractivity contribution in [1.29, 1.82) is 0 Å². The molecule has 0 aliphatic carbocycles. The molecule has 0 radical (unpaired) electrons. The molecule has 6 aromatic carbocycles. The third-order valence-corrected chi connectivity index (χ3v) is 10.6. The third kappa shape index (κ3) is 8.33. The first-order chi connectivity index (χ1) is 29.7. The van der Waals surface area contributed by atoms with Gasteiger partial charge in [0.05, 0.1) is 0 Å². The van der Waals surface area contributed by atoms with Gasteiger partial charge < -0.3 is 0 Å². The first kappa shape index (κ1) is 37.6. The molecule has 5 nitrogen and oxygen atoms in total. The third-order valence-electron chi connectivity index (χ3n) is 10.6. The van der Waals surface area contributed by atoms with Gasteiger partial charge in [0.2, 0.25) is 0 Å². The fourth-order valence-electron chi connectivity index (χ4n) is 7.46. The largest absolute Gasteiger partial charge is 0.275 e. The quantitative estimate of drug-likeness (QED) is 0.116. The summed E-state index contributed by atoms with van der Waals surface area (Å²) in [6, 6.07) is 59.8. The van der Waals surface area contributed by atoms with Crippen molar-refractivity contribution in [2.45, 2.75) is 6.42 Å². The highest BCUT2D eigenvalue weighted by molar-refractivity contribution is 5.77. The molecule has 3 aromatic heterocycles. The molecule has 0 aliphatic heterocycles. The minimum atomic E-state index is 0.765. The van der Waals surface area contributed by atoms with E-state index in [1.165, 1.54) is 11.1 Å². The summed E-state index contributed by atoms with van der Waals surface area (Å²) in [6.07, 6.45) is 18.2. The summed E-state index contributed by atoms with van der Waals surface area (Å²) in [4.78, 5) is 8.63. The molecule has 0 saturated heterocycles. The molecule has 0 atom stereocenters. The van der Waals surface area contributed by atoms with Gasteiger partial charge in [0.1, 0.15) is 0 Å². The van der Waals surface area contributed by atoms with E-state index in [1.807, 2.05) is 36.7 Å². The van der Waals surface area contributed by atoms with Crippen molar-refractivity contribution in [1.82, 2.24) is 24.7 Å². The zero-order valence-electron chi connectivity index (χ0n) is 33.0. The smallest absolute Gasteiger partial charge is 0.168 e. The Bertz CT molecular complexity index is 2780. The van der Waals surface area contributed by atoms with E-state index >= 15 is 0 Å². The number of hydrogen-bond acceptors (Lipinski definition) is 4. The van der Waals surface area contributed by atoms with Crippen LogP contribution in [0.25, 0.3) is 84.1 Å². The Morgan fingerprint density at radius 2 is 0.833 bits per heavy atom. The van der Waals surface area contributed by atoms with Crippen molar-refractivity contribution in [2.24, 2.45) is 0 Å². The van der Waals surface area contributed by atoms with Crippen molar-refractivity contribution in [3.05, 3.63) is 237 Å². The average Bonchev–Trinajstić information content (AvgIpc) is 3.78. The van der Waals surface area contributed by atoms with E-state index in [0.29, 0.717) is 0 Å². The molecular weight excluding hydrogens is 731 g/mol. The second kappa shape index (κ2) is 17.6. The zero-order chi connectivity index (χ0) is 40.5. The Kier molecular flexibility index (Phi) is 11.0. The van der Waals surface area contributed by atoms with Gasteiger partial charge in [-0.15, -0.1) is 10.2 Å². The monoisotopic (exact) mass is 771 g/mol. The predicted octanol–water partition coefficient (Wildman–Crippen LogP) is 13.6. The summed E-state index contributed by atoms with van der Waals surface area (Å²) < 4.78 is 2.16. The average molecular weight is 772 g/mol. The van der Waals surface area contributed by atoms with Crippen LogP contribution in [0.15, 0.2) is 232 Å². The molecule has 0 amide bonds. The van der Waals surface area contributed by atoms with Crippen LogP contribution in [0.3, 0.4) is 0 Å². The SMILES string of the molecule is C=C/C=C\C=C/Cc1cccc(-c2ccc(-n3c(-c4ccc(-c5cccc(-c6cccnc6)c5)cc4)nnc3-c3ccc(-c4cccc(-c5cccnc5)c4)cc3)cc2)c1. The molecule has 0 unspecified atom stereocenters. The van der Waals surface area contributed by atoms with Gasteiger partial charge in [0.15, 0.2) is 11.6 Å². The maximum Gasteiger partial charge on any atom is 0.168 e. The lowest BCUT2D eigenvalue weighted by Crippen LogP contribution is -2.00. The summed E-state index contributed by atoms with van der Waals surface area (Å²) in [6.45, 7) is 3.74. The Labute approximate surface area is 351 Å². The maximum absolute atomic E-state index is 4.84. The lowest BCUT2D eigenvalue weighted by Gasteiger charge is -2.13. The lowest BCUT2D eigenvalue weighted by molar-refractivity contribution is 1.07. The number of nitrogens with zero attached hydrogens (tertiary/aromatic N) is 5. The van der Waals surface area contributed by atoms with Crippen LogP contribution in [0.4, 0.5) is 0 Å². The van der Waals surface area contributed by atoms with Crippen molar-refractivity contribution >= 4 is 0 Å². The molecule has 9 aromatic rings. The molecule has 0 N–H and O–H groups in total. The van der Waals surface area contributed by atoms with Crippen LogP contribution in [0.1, 0.15) is 5.56 Å². The molecule has 286 valence electrons. The second-order valence-electron chi connectivity index (χ2n) is 14.5. The second-order valence-corrected chi connectivity index (χ2v) is 14.5. The van der Waals surface area contributed by atoms with Crippen LogP contribution < -0.4 is 0 Å². The number of rotatable bonds is 12. The van der Waals surface area contributed by atoms with Gasteiger partial charge in [0.25, 0.3) is 0 Å². The predicted molar refractivity (Wildman–Crippen MR) is 247 cm³/mol. The highest BCUT2D eigenvalue weighted by Gasteiger charge is 2.18. The number of aromatic nitrogens is 5. The van der Waals surface area contributed by atoms with Crippen LogP contribution >= 0.6 is 0 Å². The van der Waals surface area contributed by atoms with Crippen molar-refractivity contribution < 1.29 is 0 Å². The van der Waals surface area contributed by atoms with Crippen molar-refractivity contribution in [3.8, 4) is 84.1 Å². The van der Waals surface area contributed by atoms with Gasteiger partial charge in [0, 0.05) is 52.7 Å². The first-order valence-electron chi connectivity index (χ1n) is 20.0. The Morgan fingerprint density at radius 1 is 0.400 bits per heavy atom. The molecule has 0 fully saturated rings. The minimum Gasteiger partial charge on any atom is -0.275 e. The Morgan fingerprint density at radius 3 is 1.32 bits per heavy atom. The Hall–Kier alpha value is -8.02. The highest BCUT2D eigenvalue weighted by atomic mass is 15.3. The van der Waals surface area contributed by atoms with Crippen LogP contribution in [0, 0.1) is 0 Å². The molecule has 0 saturated carbocycles. The van der Waals surface area contributed by atoms with Crippen LogP contribution in [-0.2, 0) is 6.42 Å². The van der Waals surface area contributed by atoms with Gasteiger partial charge in [-0.3, -0.25) is 14.5 Å². The summed E-state index contributed by atoms with van der Waals surface area (Å²) >= 11 is 0. The fraction of sp³-hybridized carbons (Fsp3) is 0.0182. The van der Waals surface area contributed by atoms with Crippen LogP contribution in [-0.4, -0.2) is 24.7 Å². The van der Waals surface area contributed by atoms with E-state index in [-0.39, 0.29) is 0 Å². The number of pyridine rings is 2. The van der Waals surface area contributed by atoms with E-state index in [1.54, 1.807) is 18.5 Å². The topological polar surface area (TPSA) is 56.5 Å². The van der Waals surface area contributed by atoms with Gasteiger partial charge in [-0.05, 0) is 92.9 Å². The molecule has 0 aliphatic rings. The van der Waals surface area contributed by atoms with Crippen LogP contribution in [0.2, 0.25) is 0 Å². The maximum atomic E-state index is 4.84. The van der Waals surface area contributed by atoms with E-state index in [0.717, 1.165) is 85.0 Å². The molecule has 60 heavy (non-hydrogen) atoms. The summed E-state index contributed by atoms with van der Waals surface area (Å²) in [7, 11) is 0. The van der Waals surface area contributed by atoms with Gasteiger partial charge in [-0.1, -0.05) is 170 Å². The molecule has 0 spiro atoms.